The number of para-hydroxylation sites is 1. The number of phenols is 1. The van der Waals surface area contributed by atoms with Crippen LogP contribution >= 0.6 is 0 Å². The fourth-order valence-electron chi connectivity index (χ4n) is 1.47. The summed E-state index contributed by atoms with van der Waals surface area (Å²) in [6.07, 6.45) is 1.46. The topological polar surface area (TPSA) is 32.6 Å². The van der Waals surface area contributed by atoms with Gasteiger partial charge in [-0.2, -0.15) is 0 Å². The molecule has 2 rings (SSSR count). The van der Waals surface area contributed by atoms with Crippen LogP contribution in [0.5, 0.6) is 5.75 Å². The lowest BCUT2D eigenvalue weighted by atomic mass is 10.1. The van der Waals surface area contributed by atoms with Crippen LogP contribution in [0.4, 0.5) is 10.1 Å². The third kappa shape index (κ3) is 2.69. The smallest absolute Gasteiger partial charge is 0.148 e. The van der Waals surface area contributed by atoms with E-state index >= 15 is 0 Å². The van der Waals surface area contributed by atoms with Crippen LogP contribution in [0.2, 0.25) is 0 Å². The van der Waals surface area contributed by atoms with Crippen molar-refractivity contribution in [3.63, 3.8) is 0 Å². The molecule has 0 bridgehead atoms. The van der Waals surface area contributed by atoms with Crippen LogP contribution in [0.25, 0.3) is 0 Å². The van der Waals surface area contributed by atoms with Gasteiger partial charge in [0, 0.05) is 11.8 Å². The average Bonchev–Trinajstić information content (AvgIpc) is 2.32. The molecule has 0 heterocycles. The highest BCUT2D eigenvalue weighted by Gasteiger charge is 2.00. The van der Waals surface area contributed by atoms with Gasteiger partial charge in [0.1, 0.15) is 11.6 Å². The minimum atomic E-state index is -0.379. The normalized spacial score (nSPS) is 10.9. The van der Waals surface area contributed by atoms with Gasteiger partial charge >= 0.3 is 0 Å². The molecular weight excluding hydrogens is 217 g/mol. The van der Waals surface area contributed by atoms with Crippen molar-refractivity contribution in [1.29, 1.82) is 0 Å². The van der Waals surface area contributed by atoms with Crippen LogP contribution in [0.3, 0.4) is 0 Å². The molecule has 2 aromatic carbocycles. The van der Waals surface area contributed by atoms with Crippen molar-refractivity contribution >= 4 is 11.9 Å². The van der Waals surface area contributed by atoms with E-state index in [9.17, 15) is 9.50 Å². The van der Waals surface area contributed by atoms with Crippen molar-refractivity contribution in [2.45, 2.75) is 6.92 Å². The Bertz CT molecular complexity index is 564. The second kappa shape index (κ2) is 4.78. The first-order valence-corrected chi connectivity index (χ1v) is 5.25. The number of hydrogen-bond acceptors (Lipinski definition) is 2. The third-order valence-corrected chi connectivity index (χ3v) is 2.38. The summed E-state index contributed by atoms with van der Waals surface area (Å²) in [4.78, 5) is 4.02. The average molecular weight is 229 g/mol. The van der Waals surface area contributed by atoms with Crippen LogP contribution in [0.15, 0.2) is 47.5 Å². The molecule has 2 aromatic rings. The predicted octanol–water partition coefficient (Wildman–Crippen LogP) is 3.59. The Morgan fingerprint density at radius 2 is 1.94 bits per heavy atom. The van der Waals surface area contributed by atoms with Gasteiger partial charge in [-0.25, -0.2) is 4.39 Å². The molecule has 1 N–H and O–H groups in total. The largest absolute Gasteiger partial charge is 0.507 e. The Morgan fingerprint density at radius 1 is 1.18 bits per heavy atom. The van der Waals surface area contributed by atoms with E-state index in [4.69, 9.17) is 0 Å². The number of aryl methyl sites for hydroxylation is 1. The van der Waals surface area contributed by atoms with E-state index in [0.717, 1.165) is 5.56 Å². The third-order valence-electron chi connectivity index (χ3n) is 2.38. The number of rotatable bonds is 2. The fourth-order valence-corrected chi connectivity index (χ4v) is 1.47. The second-order valence-corrected chi connectivity index (χ2v) is 3.77. The van der Waals surface area contributed by atoms with Gasteiger partial charge in [0.2, 0.25) is 0 Å². The first-order chi connectivity index (χ1) is 8.16. The minimum absolute atomic E-state index is 0.135. The number of benzene rings is 2. The highest BCUT2D eigenvalue weighted by molar-refractivity contribution is 5.85. The Hall–Kier alpha value is -2.16. The molecular formula is C14H12FNO. The SMILES string of the molecule is Cc1ccc(O)c(C=Nc2ccccc2F)c1. The van der Waals surface area contributed by atoms with Gasteiger partial charge in [-0.05, 0) is 31.2 Å². The molecule has 0 unspecified atom stereocenters. The van der Waals surface area contributed by atoms with Crippen LogP contribution in [-0.2, 0) is 0 Å². The molecule has 0 aromatic heterocycles. The molecule has 0 atom stereocenters. The highest BCUT2D eigenvalue weighted by atomic mass is 19.1. The van der Waals surface area contributed by atoms with Crippen LogP contribution < -0.4 is 0 Å². The van der Waals surface area contributed by atoms with E-state index in [0.29, 0.717) is 5.56 Å². The molecule has 0 aliphatic carbocycles. The fraction of sp³-hybridized carbons (Fsp3) is 0.0714. The summed E-state index contributed by atoms with van der Waals surface area (Å²) in [5, 5.41) is 9.60. The van der Waals surface area contributed by atoms with Crippen molar-refractivity contribution in [2.24, 2.45) is 4.99 Å². The molecule has 0 spiro atoms. The summed E-state index contributed by atoms with van der Waals surface area (Å²) in [5.74, 6) is -0.244. The number of hydrogen-bond donors (Lipinski definition) is 1. The first kappa shape index (κ1) is 11.3. The summed E-state index contributed by atoms with van der Waals surface area (Å²) in [6, 6.07) is 11.4. The number of halogens is 1. The van der Waals surface area contributed by atoms with Crippen LogP contribution in [-0.4, -0.2) is 11.3 Å². The van der Waals surface area contributed by atoms with Crippen molar-refractivity contribution in [3.8, 4) is 5.75 Å². The number of nitrogens with zero attached hydrogens (tertiary/aromatic N) is 1. The van der Waals surface area contributed by atoms with E-state index in [1.54, 1.807) is 36.4 Å². The maximum Gasteiger partial charge on any atom is 0.148 e. The van der Waals surface area contributed by atoms with Gasteiger partial charge in [-0.1, -0.05) is 23.8 Å². The molecule has 0 radical (unpaired) electrons. The Balaban J connectivity index is 2.32. The maximum atomic E-state index is 13.3. The standard InChI is InChI=1S/C14H12FNO/c1-10-6-7-14(17)11(8-10)9-16-13-5-3-2-4-12(13)15/h2-9,17H,1H3. The molecule has 0 fully saturated rings. The molecule has 0 saturated heterocycles. The molecule has 0 aliphatic heterocycles. The molecule has 86 valence electrons. The van der Waals surface area contributed by atoms with Gasteiger partial charge in [0.05, 0.1) is 5.69 Å². The Kier molecular flexibility index (Phi) is 3.19. The van der Waals surface area contributed by atoms with Gasteiger partial charge in [-0.3, -0.25) is 4.99 Å². The van der Waals surface area contributed by atoms with E-state index in [1.165, 1.54) is 12.3 Å². The number of aromatic hydroxyl groups is 1. The summed E-state index contributed by atoms with van der Waals surface area (Å²) in [7, 11) is 0. The first-order valence-electron chi connectivity index (χ1n) is 5.25. The van der Waals surface area contributed by atoms with E-state index in [1.807, 2.05) is 6.92 Å². The zero-order chi connectivity index (χ0) is 12.3. The lowest BCUT2D eigenvalue weighted by molar-refractivity contribution is 0.474. The van der Waals surface area contributed by atoms with Gasteiger partial charge in [-0.15, -0.1) is 0 Å². The van der Waals surface area contributed by atoms with Crippen LogP contribution in [0, 0.1) is 12.7 Å². The van der Waals surface area contributed by atoms with Gasteiger partial charge in [0.15, 0.2) is 0 Å². The van der Waals surface area contributed by atoms with Crippen molar-refractivity contribution in [3.05, 3.63) is 59.4 Å². The molecule has 3 heteroatoms. The van der Waals surface area contributed by atoms with Crippen LogP contribution in [0.1, 0.15) is 11.1 Å². The van der Waals surface area contributed by atoms with Crippen molar-refractivity contribution in [1.82, 2.24) is 0 Å². The quantitative estimate of drug-likeness (QED) is 0.784. The Morgan fingerprint density at radius 3 is 2.71 bits per heavy atom. The van der Waals surface area contributed by atoms with E-state index in [-0.39, 0.29) is 17.3 Å². The predicted molar refractivity (Wildman–Crippen MR) is 66.5 cm³/mol. The molecule has 17 heavy (non-hydrogen) atoms. The molecule has 0 saturated carbocycles. The number of aliphatic imine (C=N–C) groups is 1. The lowest BCUT2D eigenvalue weighted by Crippen LogP contribution is -1.84. The van der Waals surface area contributed by atoms with E-state index in [2.05, 4.69) is 4.99 Å². The Labute approximate surface area is 99.1 Å². The molecule has 2 nitrogen and oxygen atoms in total. The summed E-state index contributed by atoms with van der Waals surface area (Å²) < 4.78 is 13.3. The summed E-state index contributed by atoms with van der Waals surface area (Å²) in [6.45, 7) is 1.92. The monoisotopic (exact) mass is 229 g/mol. The maximum absolute atomic E-state index is 13.3. The summed E-state index contributed by atoms with van der Waals surface area (Å²) in [5.41, 5.74) is 1.85. The van der Waals surface area contributed by atoms with Crippen molar-refractivity contribution < 1.29 is 9.50 Å². The summed E-state index contributed by atoms with van der Waals surface area (Å²) >= 11 is 0. The molecule has 0 amide bonds. The second-order valence-electron chi connectivity index (χ2n) is 3.77. The lowest BCUT2D eigenvalue weighted by Gasteiger charge is -2.00. The van der Waals surface area contributed by atoms with E-state index < -0.39 is 0 Å². The zero-order valence-corrected chi connectivity index (χ0v) is 9.39. The molecule has 0 aliphatic rings. The van der Waals surface area contributed by atoms with Gasteiger partial charge in [0.25, 0.3) is 0 Å². The minimum Gasteiger partial charge on any atom is -0.507 e. The highest BCUT2D eigenvalue weighted by Crippen LogP contribution is 2.19. The van der Waals surface area contributed by atoms with Gasteiger partial charge < -0.3 is 5.11 Å². The number of phenolic OH excluding ortho intramolecular Hbond substituents is 1. The zero-order valence-electron chi connectivity index (χ0n) is 9.39. The van der Waals surface area contributed by atoms with Crippen molar-refractivity contribution in [2.75, 3.05) is 0 Å².